The summed E-state index contributed by atoms with van der Waals surface area (Å²) in [6, 6.07) is 5.20. The summed E-state index contributed by atoms with van der Waals surface area (Å²) in [6.45, 7) is 1.62. The zero-order valence-electron chi connectivity index (χ0n) is 10.5. The summed E-state index contributed by atoms with van der Waals surface area (Å²) in [5.41, 5.74) is 6.33. The van der Waals surface area contributed by atoms with E-state index in [-0.39, 0.29) is 10.4 Å². The predicted octanol–water partition coefficient (Wildman–Crippen LogP) is 1.67. The van der Waals surface area contributed by atoms with Crippen LogP contribution in [0.1, 0.15) is 31.2 Å². The molecule has 2 heterocycles. The van der Waals surface area contributed by atoms with Crippen LogP contribution in [0.25, 0.3) is 0 Å². The molecule has 0 fully saturated rings. The van der Waals surface area contributed by atoms with Crippen molar-refractivity contribution in [1.82, 2.24) is 4.98 Å². The maximum absolute atomic E-state index is 12.0. The molecule has 0 atom stereocenters. The van der Waals surface area contributed by atoms with E-state index in [1.807, 2.05) is 6.07 Å². The first-order chi connectivity index (χ1) is 9.54. The summed E-state index contributed by atoms with van der Waals surface area (Å²) in [5, 5.41) is 12.0. The normalized spacial score (nSPS) is 9.80. The fourth-order valence-corrected chi connectivity index (χ4v) is 2.65. The maximum atomic E-state index is 12.0. The number of carbonyl (C=O) groups excluding carboxylic acids is 2. The summed E-state index contributed by atoms with van der Waals surface area (Å²) in [5.74, 6) is -1.02. The molecule has 0 aromatic carbocycles. The standard InChI is InChI=1S/C13H10N4O2S/c1-7-9(5-14)13(20-10(7)11(15)18)17-12(19)8-3-2-4-16-6-8/h2-4,6H,1H3,(H2,15,18)(H,17,19). The van der Waals surface area contributed by atoms with Crippen molar-refractivity contribution in [1.29, 1.82) is 5.26 Å². The monoisotopic (exact) mass is 286 g/mol. The van der Waals surface area contributed by atoms with Gasteiger partial charge in [-0.2, -0.15) is 5.26 Å². The number of hydrogen-bond donors (Lipinski definition) is 2. The lowest BCUT2D eigenvalue weighted by atomic mass is 10.1. The summed E-state index contributed by atoms with van der Waals surface area (Å²) >= 11 is 0.992. The smallest absolute Gasteiger partial charge is 0.259 e. The minimum atomic E-state index is -0.620. The van der Waals surface area contributed by atoms with Gasteiger partial charge in [-0.3, -0.25) is 14.6 Å². The van der Waals surface area contributed by atoms with Crippen molar-refractivity contribution in [2.24, 2.45) is 5.73 Å². The van der Waals surface area contributed by atoms with Gasteiger partial charge in [-0.05, 0) is 24.6 Å². The van der Waals surface area contributed by atoms with E-state index in [1.54, 1.807) is 25.3 Å². The van der Waals surface area contributed by atoms with Gasteiger partial charge in [0.1, 0.15) is 11.1 Å². The molecule has 0 aliphatic heterocycles. The van der Waals surface area contributed by atoms with Gasteiger partial charge in [0.05, 0.1) is 16.0 Å². The zero-order valence-corrected chi connectivity index (χ0v) is 11.3. The van der Waals surface area contributed by atoms with Crippen LogP contribution in [0.4, 0.5) is 5.00 Å². The first-order valence-corrected chi connectivity index (χ1v) is 6.41. The first kappa shape index (κ1) is 13.7. The van der Waals surface area contributed by atoms with Crippen molar-refractivity contribution in [3.63, 3.8) is 0 Å². The van der Waals surface area contributed by atoms with E-state index in [9.17, 15) is 9.59 Å². The highest BCUT2D eigenvalue weighted by atomic mass is 32.1. The summed E-state index contributed by atoms with van der Waals surface area (Å²) in [4.78, 5) is 27.4. The van der Waals surface area contributed by atoms with Gasteiger partial charge in [0.2, 0.25) is 0 Å². The molecule has 0 bridgehead atoms. The molecule has 20 heavy (non-hydrogen) atoms. The van der Waals surface area contributed by atoms with Gasteiger partial charge in [0.25, 0.3) is 11.8 Å². The highest BCUT2D eigenvalue weighted by Crippen LogP contribution is 2.32. The Morgan fingerprint density at radius 1 is 1.50 bits per heavy atom. The number of amides is 2. The zero-order chi connectivity index (χ0) is 14.7. The van der Waals surface area contributed by atoms with Crippen LogP contribution in [0.5, 0.6) is 0 Å². The minimum absolute atomic E-state index is 0.251. The topological polar surface area (TPSA) is 109 Å². The van der Waals surface area contributed by atoms with E-state index >= 15 is 0 Å². The molecule has 0 aliphatic carbocycles. The average Bonchev–Trinajstić information content (AvgIpc) is 2.76. The van der Waals surface area contributed by atoms with Gasteiger partial charge >= 0.3 is 0 Å². The number of anilines is 1. The Bertz CT molecular complexity index is 716. The van der Waals surface area contributed by atoms with Gasteiger partial charge in [-0.1, -0.05) is 0 Å². The number of pyridine rings is 1. The molecule has 0 unspecified atom stereocenters. The molecule has 3 N–H and O–H groups in total. The van der Waals surface area contributed by atoms with Crippen LogP contribution in [-0.2, 0) is 0 Å². The summed E-state index contributed by atoms with van der Waals surface area (Å²) in [6.07, 6.45) is 2.97. The lowest BCUT2D eigenvalue weighted by Crippen LogP contribution is -2.11. The van der Waals surface area contributed by atoms with Gasteiger partial charge in [0.15, 0.2) is 0 Å². The van der Waals surface area contributed by atoms with Crippen molar-refractivity contribution in [2.75, 3.05) is 5.32 Å². The second kappa shape index (κ2) is 5.50. The van der Waals surface area contributed by atoms with E-state index < -0.39 is 11.8 Å². The number of carbonyl (C=O) groups is 2. The molecule has 7 heteroatoms. The molecule has 2 aromatic heterocycles. The molecule has 0 saturated heterocycles. The molecule has 0 radical (unpaired) electrons. The van der Waals surface area contributed by atoms with Gasteiger partial charge in [0, 0.05) is 12.4 Å². The van der Waals surface area contributed by atoms with E-state index in [0.29, 0.717) is 16.1 Å². The van der Waals surface area contributed by atoms with E-state index in [0.717, 1.165) is 11.3 Å². The van der Waals surface area contributed by atoms with Crippen molar-refractivity contribution in [2.45, 2.75) is 6.92 Å². The molecule has 0 spiro atoms. The quantitative estimate of drug-likeness (QED) is 0.894. The van der Waals surface area contributed by atoms with Gasteiger partial charge < -0.3 is 11.1 Å². The van der Waals surface area contributed by atoms with Crippen LogP contribution < -0.4 is 11.1 Å². The second-order valence-electron chi connectivity index (χ2n) is 3.93. The van der Waals surface area contributed by atoms with Crippen LogP contribution in [0.15, 0.2) is 24.5 Å². The van der Waals surface area contributed by atoms with Crippen LogP contribution in [-0.4, -0.2) is 16.8 Å². The van der Waals surface area contributed by atoms with Gasteiger partial charge in [-0.25, -0.2) is 0 Å². The fraction of sp³-hybridized carbons (Fsp3) is 0.0769. The number of nitrogens with zero attached hydrogens (tertiary/aromatic N) is 2. The van der Waals surface area contributed by atoms with E-state index in [2.05, 4.69) is 10.3 Å². The molecule has 2 amide bonds. The lowest BCUT2D eigenvalue weighted by molar-refractivity contribution is 0.1000. The maximum Gasteiger partial charge on any atom is 0.259 e. The largest absolute Gasteiger partial charge is 0.365 e. The highest BCUT2D eigenvalue weighted by molar-refractivity contribution is 7.18. The van der Waals surface area contributed by atoms with Crippen LogP contribution in [0.3, 0.4) is 0 Å². The van der Waals surface area contributed by atoms with Crippen molar-refractivity contribution in [3.8, 4) is 6.07 Å². The van der Waals surface area contributed by atoms with Crippen molar-refractivity contribution < 1.29 is 9.59 Å². The molecular formula is C13H10N4O2S. The Hall–Kier alpha value is -2.72. The number of rotatable bonds is 3. The number of nitrogens with one attached hydrogen (secondary N) is 1. The Morgan fingerprint density at radius 3 is 2.80 bits per heavy atom. The molecular weight excluding hydrogens is 276 g/mol. The molecule has 2 rings (SSSR count). The van der Waals surface area contributed by atoms with Crippen molar-refractivity contribution in [3.05, 3.63) is 46.1 Å². The average molecular weight is 286 g/mol. The molecule has 0 saturated carbocycles. The number of thiophene rings is 1. The number of hydrogen-bond acceptors (Lipinski definition) is 5. The lowest BCUT2D eigenvalue weighted by Gasteiger charge is -2.02. The van der Waals surface area contributed by atoms with Gasteiger partial charge in [-0.15, -0.1) is 11.3 Å². The third-order valence-electron chi connectivity index (χ3n) is 2.63. The third-order valence-corrected chi connectivity index (χ3v) is 3.85. The molecule has 6 nitrogen and oxygen atoms in total. The number of primary amides is 1. The van der Waals surface area contributed by atoms with E-state index in [4.69, 9.17) is 11.0 Å². The second-order valence-corrected chi connectivity index (χ2v) is 4.95. The number of nitrogens with two attached hydrogens (primary N) is 1. The highest BCUT2D eigenvalue weighted by Gasteiger charge is 2.20. The van der Waals surface area contributed by atoms with Crippen LogP contribution in [0, 0.1) is 18.3 Å². The predicted molar refractivity (Wildman–Crippen MR) is 74.5 cm³/mol. The summed E-state index contributed by atoms with van der Waals surface area (Å²) < 4.78 is 0. The SMILES string of the molecule is Cc1c(C(N)=O)sc(NC(=O)c2cccnc2)c1C#N. The van der Waals surface area contributed by atoms with Crippen molar-refractivity contribution >= 4 is 28.2 Å². The Labute approximate surface area is 118 Å². The summed E-state index contributed by atoms with van der Waals surface area (Å²) in [7, 11) is 0. The Kier molecular flexibility index (Phi) is 3.77. The first-order valence-electron chi connectivity index (χ1n) is 5.59. The number of nitriles is 1. The van der Waals surface area contributed by atoms with E-state index in [1.165, 1.54) is 6.20 Å². The fourth-order valence-electron chi connectivity index (χ4n) is 1.64. The third kappa shape index (κ3) is 2.50. The molecule has 100 valence electrons. The number of aromatic nitrogens is 1. The molecule has 0 aliphatic rings. The van der Waals surface area contributed by atoms with Crippen LogP contribution >= 0.6 is 11.3 Å². The van der Waals surface area contributed by atoms with Crippen LogP contribution in [0.2, 0.25) is 0 Å². The molecule has 2 aromatic rings. The Balaban J connectivity index is 2.35. The minimum Gasteiger partial charge on any atom is -0.365 e. The Morgan fingerprint density at radius 2 is 2.25 bits per heavy atom.